The largest absolute Gasteiger partial charge is 0.464 e. The highest BCUT2D eigenvalue weighted by molar-refractivity contribution is 5.98. The highest BCUT2D eigenvalue weighted by Gasteiger charge is 2.25. The molecule has 8 heteroatoms. The lowest BCUT2D eigenvalue weighted by Crippen LogP contribution is -2.42. The van der Waals surface area contributed by atoms with Crippen LogP contribution in [-0.4, -0.2) is 22.0 Å². The van der Waals surface area contributed by atoms with E-state index in [0.717, 1.165) is 22.1 Å². The van der Waals surface area contributed by atoms with E-state index in [0.29, 0.717) is 24.5 Å². The van der Waals surface area contributed by atoms with Gasteiger partial charge in [-0.3, -0.25) is 19.1 Å². The summed E-state index contributed by atoms with van der Waals surface area (Å²) in [5.74, 6) is -0.0398. The summed E-state index contributed by atoms with van der Waals surface area (Å²) in [7, 11) is 0. The summed E-state index contributed by atoms with van der Waals surface area (Å²) in [6.45, 7) is 6.52. The first-order valence-corrected chi connectivity index (χ1v) is 11.7. The molecule has 2 heterocycles. The zero-order valence-corrected chi connectivity index (χ0v) is 20.2. The second-order valence-corrected chi connectivity index (χ2v) is 9.23. The Morgan fingerprint density at radius 2 is 1.89 bits per heavy atom. The van der Waals surface area contributed by atoms with Crippen LogP contribution < -0.4 is 21.9 Å². The average molecular weight is 475 g/mol. The van der Waals surface area contributed by atoms with Crippen molar-refractivity contribution in [1.29, 1.82) is 0 Å². The molecular formula is C27H30N4O4. The van der Waals surface area contributed by atoms with Gasteiger partial charge < -0.3 is 15.1 Å². The summed E-state index contributed by atoms with van der Waals surface area (Å²) in [5.41, 5.74) is 8.43. The van der Waals surface area contributed by atoms with E-state index in [1.54, 1.807) is 6.26 Å². The smallest absolute Gasteiger partial charge is 0.330 e. The molecule has 2 aromatic carbocycles. The quantitative estimate of drug-likeness (QED) is 0.403. The Morgan fingerprint density at radius 1 is 1.14 bits per heavy atom. The molecule has 0 saturated heterocycles. The van der Waals surface area contributed by atoms with E-state index in [2.05, 4.69) is 4.98 Å². The molecule has 0 spiro atoms. The molecule has 3 N–H and O–H groups in total. The van der Waals surface area contributed by atoms with Crippen LogP contribution in [0.3, 0.4) is 0 Å². The summed E-state index contributed by atoms with van der Waals surface area (Å²) in [6, 6.07) is 15.1. The molecule has 0 radical (unpaired) electrons. The van der Waals surface area contributed by atoms with Gasteiger partial charge in [0.1, 0.15) is 11.4 Å². The molecule has 0 unspecified atom stereocenters. The average Bonchev–Trinajstić information content (AvgIpc) is 3.20. The van der Waals surface area contributed by atoms with Gasteiger partial charge in [0.15, 0.2) is 5.69 Å². The fraction of sp³-hybridized carbons (Fsp3) is 0.296. The molecule has 2 aromatic heterocycles. The number of nitrogens with two attached hydrogens (primary N) is 1. The first kappa shape index (κ1) is 24.1. The molecule has 35 heavy (non-hydrogen) atoms. The highest BCUT2D eigenvalue weighted by Crippen LogP contribution is 2.25. The number of aromatic amines is 1. The van der Waals surface area contributed by atoms with Gasteiger partial charge in [-0.1, -0.05) is 56.3 Å². The summed E-state index contributed by atoms with van der Waals surface area (Å²) < 4.78 is 6.94. The highest BCUT2D eigenvalue weighted by atomic mass is 16.3. The van der Waals surface area contributed by atoms with Crippen molar-refractivity contribution >= 4 is 28.4 Å². The molecule has 0 aliphatic rings. The molecule has 0 saturated carbocycles. The van der Waals surface area contributed by atoms with Gasteiger partial charge in [-0.05, 0) is 36.5 Å². The Kier molecular flexibility index (Phi) is 6.91. The number of amides is 1. The maximum Gasteiger partial charge on any atom is 0.330 e. The third kappa shape index (κ3) is 5.21. The van der Waals surface area contributed by atoms with Gasteiger partial charge >= 0.3 is 5.69 Å². The number of furan rings is 1. The first-order valence-electron chi connectivity index (χ1n) is 11.7. The van der Waals surface area contributed by atoms with Crippen LogP contribution in [0.4, 0.5) is 11.5 Å². The number of H-pyrrole nitrogens is 1. The number of fused-ring (bicyclic) bond motifs is 1. The zero-order chi connectivity index (χ0) is 25.1. The first-order chi connectivity index (χ1) is 16.7. The van der Waals surface area contributed by atoms with Crippen LogP contribution in [0, 0.1) is 12.8 Å². The predicted molar refractivity (Wildman–Crippen MR) is 138 cm³/mol. The van der Waals surface area contributed by atoms with Gasteiger partial charge in [0.2, 0.25) is 5.91 Å². The van der Waals surface area contributed by atoms with Gasteiger partial charge in [0, 0.05) is 17.5 Å². The molecular weight excluding hydrogens is 444 g/mol. The van der Waals surface area contributed by atoms with Crippen LogP contribution >= 0.6 is 0 Å². The Bertz CT molecular complexity index is 1460. The van der Waals surface area contributed by atoms with Crippen molar-refractivity contribution in [1.82, 2.24) is 9.55 Å². The third-order valence-corrected chi connectivity index (χ3v) is 6.05. The summed E-state index contributed by atoms with van der Waals surface area (Å²) in [5, 5.41) is 0.851. The molecule has 0 atom stereocenters. The standard InChI is InChI=1S/C27H30N4O4/c1-17(2)11-12-30(23(32)14-20-16-35-22-13-18(3)9-10-21(20)22)24-25(28)31(27(34)29-26(24)33)15-19-7-5-4-6-8-19/h4-10,13,16-17H,11-12,14-15,28H2,1-3H3,(H,29,33,34). The van der Waals surface area contributed by atoms with E-state index < -0.39 is 11.2 Å². The minimum Gasteiger partial charge on any atom is -0.464 e. The lowest BCUT2D eigenvalue weighted by molar-refractivity contribution is -0.118. The third-order valence-electron chi connectivity index (χ3n) is 6.05. The van der Waals surface area contributed by atoms with Crippen molar-refractivity contribution in [3.05, 3.63) is 92.3 Å². The van der Waals surface area contributed by atoms with Crippen molar-refractivity contribution in [2.24, 2.45) is 5.92 Å². The number of nitrogen functional groups attached to an aromatic ring is 1. The van der Waals surface area contributed by atoms with Crippen LogP contribution in [0.15, 0.2) is 68.8 Å². The number of carbonyl (C=O) groups excluding carboxylic acids is 1. The van der Waals surface area contributed by atoms with Gasteiger partial charge in [-0.15, -0.1) is 0 Å². The van der Waals surface area contributed by atoms with Crippen molar-refractivity contribution in [2.75, 3.05) is 17.2 Å². The monoisotopic (exact) mass is 474 g/mol. The fourth-order valence-corrected chi connectivity index (χ4v) is 4.10. The van der Waals surface area contributed by atoms with Crippen LogP contribution in [-0.2, 0) is 17.8 Å². The van der Waals surface area contributed by atoms with Crippen molar-refractivity contribution in [3.63, 3.8) is 0 Å². The number of hydrogen-bond acceptors (Lipinski definition) is 5. The molecule has 0 bridgehead atoms. The number of nitrogens with zero attached hydrogens (tertiary/aromatic N) is 2. The summed E-state index contributed by atoms with van der Waals surface area (Å²) in [4.78, 5) is 42.9. The van der Waals surface area contributed by atoms with E-state index in [-0.39, 0.29) is 30.4 Å². The summed E-state index contributed by atoms with van der Waals surface area (Å²) in [6.07, 6.45) is 2.27. The van der Waals surface area contributed by atoms with Crippen LogP contribution in [0.1, 0.15) is 37.0 Å². The van der Waals surface area contributed by atoms with Crippen molar-refractivity contribution in [2.45, 2.75) is 40.2 Å². The van der Waals surface area contributed by atoms with E-state index in [9.17, 15) is 14.4 Å². The van der Waals surface area contributed by atoms with Gasteiger partial charge in [-0.2, -0.15) is 0 Å². The molecule has 8 nitrogen and oxygen atoms in total. The lowest BCUT2D eigenvalue weighted by Gasteiger charge is -2.25. The maximum absolute atomic E-state index is 13.6. The number of rotatable bonds is 8. The second kappa shape index (κ2) is 10.0. The van der Waals surface area contributed by atoms with Gasteiger partial charge in [0.05, 0.1) is 19.2 Å². The number of carbonyl (C=O) groups is 1. The van der Waals surface area contributed by atoms with Crippen molar-refractivity contribution < 1.29 is 9.21 Å². The number of hydrogen-bond donors (Lipinski definition) is 2. The lowest BCUT2D eigenvalue weighted by atomic mass is 10.1. The van der Waals surface area contributed by atoms with E-state index in [1.807, 2.05) is 69.3 Å². The topological polar surface area (TPSA) is 114 Å². The summed E-state index contributed by atoms with van der Waals surface area (Å²) >= 11 is 0. The Labute approximate surface area is 203 Å². The minimum atomic E-state index is -0.679. The van der Waals surface area contributed by atoms with Crippen LogP contribution in [0.5, 0.6) is 0 Å². The zero-order valence-electron chi connectivity index (χ0n) is 20.2. The molecule has 182 valence electrons. The number of aryl methyl sites for hydroxylation is 1. The number of benzene rings is 2. The Hall–Kier alpha value is -4.07. The molecule has 4 rings (SSSR count). The van der Waals surface area contributed by atoms with Crippen LogP contribution in [0.2, 0.25) is 0 Å². The SMILES string of the molecule is Cc1ccc2c(CC(=O)N(CCC(C)C)c3c(N)n(Cc4ccccc4)c(=O)[nH]c3=O)coc2c1. The Morgan fingerprint density at radius 3 is 2.60 bits per heavy atom. The second-order valence-electron chi connectivity index (χ2n) is 9.23. The van der Waals surface area contributed by atoms with Crippen LogP contribution in [0.25, 0.3) is 11.0 Å². The maximum atomic E-state index is 13.6. The normalized spacial score (nSPS) is 11.3. The van der Waals surface area contributed by atoms with E-state index >= 15 is 0 Å². The number of nitrogens with one attached hydrogen (secondary N) is 1. The van der Waals surface area contributed by atoms with Crippen molar-refractivity contribution in [3.8, 4) is 0 Å². The minimum absolute atomic E-state index is 0.00479. The van der Waals surface area contributed by atoms with E-state index in [4.69, 9.17) is 10.2 Å². The number of anilines is 2. The predicted octanol–water partition coefficient (Wildman–Crippen LogP) is 3.84. The number of aromatic nitrogens is 2. The van der Waals surface area contributed by atoms with E-state index in [1.165, 1.54) is 9.47 Å². The Balaban J connectivity index is 1.74. The molecule has 0 fully saturated rings. The molecule has 4 aromatic rings. The fourth-order valence-electron chi connectivity index (χ4n) is 4.10. The molecule has 1 amide bonds. The van der Waals surface area contributed by atoms with Gasteiger partial charge in [0.25, 0.3) is 5.56 Å². The molecule has 0 aliphatic carbocycles. The molecule has 0 aliphatic heterocycles. The van der Waals surface area contributed by atoms with Gasteiger partial charge in [-0.25, -0.2) is 4.79 Å².